The fraction of sp³-hybridized carbons (Fsp3) is 0.0909. The first-order valence-electron chi connectivity index (χ1n) is 4.80. The molecule has 6 heteroatoms. The highest BCUT2D eigenvalue weighted by Gasteiger charge is 2.09. The van der Waals surface area contributed by atoms with Gasteiger partial charge in [0.2, 0.25) is 0 Å². The second kappa shape index (κ2) is 5.01. The van der Waals surface area contributed by atoms with E-state index in [1.165, 1.54) is 0 Å². The number of carbonyl (C=O) groups is 1. The third-order valence-corrected chi connectivity index (χ3v) is 2.43. The smallest absolute Gasteiger partial charge is 0.307 e. The van der Waals surface area contributed by atoms with Gasteiger partial charge in [-0.1, -0.05) is 0 Å². The maximum absolute atomic E-state index is 11.6. The SMILES string of the molecule is C/C(=N/NC(=O)c1ccc(Br)o1)c1ccco1. The monoisotopic (exact) mass is 296 g/mol. The van der Waals surface area contributed by atoms with E-state index in [4.69, 9.17) is 8.83 Å². The average molecular weight is 297 g/mol. The minimum Gasteiger partial charge on any atom is -0.463 e. The predicted octanol–water partition coefficient (Wildman–Crippen LogP) is 2.79. The molecular formula is C11H9BrN2O3. The lowest BCUT2D eigenvalue weighted by atomic mass is 10.3. The molecule has 0 unspecified atom stereocenters. The zero-order valence-corrected chi connectivity index (χ0v) is 10.5. The van der Waals surface area contributed by atoms with Crippen LogP contribution in [0.1, 0.15) is 23.2 Å². The molecule has 2 rings (SSSR count). The van der Waals surface area contributed by atoms with Gasteiger partial charge in [0, 0.05) is 0 Å². The van der Waals surface area contributed by atoms with Crippen LogP contribution in [0.5, 0.6) is 0 Å². The Labute approximate surface area is 106 Å². The number of furan rings is 2. The lowest BCUT2D eigenvalue weighted by Gasteiger charge is -1.97. The van der Waals surface area contributed by atoms with Gasteiger partial charge in [-0.25, -0.2) is 5.43 Å². The van der Waals surface area contributed by atoms with Crippen LogP contribution in [0, 0.1) is 0 Å². The lowest BCUT2D eigenvalue weighted by molar-refractivity contribution is 0.0926. The molecule has 0 atom stereocenters. The molecule has 0 aliphatic carbocycles. The summed E-state index contributed by atoms with van der Waals surface area (Å²) in [6.07, 6.45) is 1.54. The number of amides is 1. The fourth-order valence-electron chi connectivity index (χ4n) is 1.17. The van der Waals surface area contributed by atoms with Crippen molar-refractivity contribution in [2.75, 3.05) is 0 Å². The van der Waals surface area contributed by atoms with Crippen molar-refractivity contribution in [3.05, 3.63) is 46.7 Å². The van der Waals surface area contributed by atoms with Gasteiger partial charge >= 0.3 is 5.91 Å². The maximum Gasteiger partial charge on any atom is 0.307 e. The Bertz CT molecular complexity index is 543. The molecule has 0 saturated carbocycles. The molecule has 17 heavy (non-hydrogen) atoms. The van der Waals surface area contributed by atoms with Crippen LogP contribution in [-0.4, -0.2) is 11.6 Å². The normalized spacial score (nSPS) is 11.5. The van der Waals surface area contributed by atoms with Crippen molar-refractivity contribution >= 4 is 27.5 Å². The summed E-state index contributed by atoms with van der Waals surface area (Å²) in [5.74, 6) is 0.375. The van der Waals surface area contributed by atoms with E-state index in [9.17, 15) is 4.79 Å². The first kappa shape index (κ1) is 11.7. The summed E-state index contributed by atoms with van der Waals surface area (Å²) >= 11 is 3.11. The van der Waals surface area contributed by atoms with Gasteiger partial charge in [-0.2, -0.15) is 5.10 Å². The van der Waals surface area contributed by atoms with E-state index >= 15 is 0 Å². The van der Waals surface area contributed by atoms with Crippen molar-refractivity contribution < 1.29 is 13.6 Å². The van der Waals surface area contributed by atoms with Crippen LogP contribution in [0.25, 0.3) is 0 Å². The number of nitrogens with zero attached hydrogens (tertiary/aromatic N) is 1. The molecule has 0 aromatic carbocycles. The lowest BCUT2D eigenvalue weighted by Crippen LogP contribution is -2.18. The summed E-state index contributed by atoms with van der Waals surface area (Å²) in [5.41, 5.74) is 2.95. The summed E-state index contributed by atoms with van der Waals surface area (Å²) in [6.45, 7) is 1.73. The molecule has 2 heterocycles. The van der Waals surface area contributed by atoms with E-state index in [0.717, 1.165) is 0 Å². The van der Waals surface area contributed by atoms with Gasteiger partial charge in [-0.3, -0.25) is 4.79 Å². The van der Waals surface area contributed by atoms with E-state index in [1.807, 2.05) is 0 Å². The topological polar surface area (TPSA) is 67.7 Å². The van der Waals surface area contributed by atoms with Gasteiger partial charge in [-0.05, 0) is 47.1 Å². The van der Waals surface area contributed by atoms with Crippen molar-refractivity contribution in [2.45, 2.75) is 6.92 Å². The molecular weight excluding hydrogens is 288 g/mol. The summed E-state index contributed by atoms with van der Waals surface area (Å²) in [6, 6.07) is 6.70. The van der Waals surface area contributed by atoms with Crippen LogP contribution in [0.4, 0.5) is 0 Å². The van der Waals surface area contributed by atoms with Crippen LogP contribution < -0.4 is 5.43 Å². The molecule has 0 spiro atoms. The van der Waals surface area contributed by atoms with Crippen molar-refractivity contribution in [2.24, 2.45) is 5.10 Å². The van der Waals surface area contributed by atoms with Crippen molar-refractivity contribution in [3.63, 3.8) is 0 Å². The quantitative estimate of drug-likeness (QED) is 0.699. The van der Waals surface area contributed by atoms with E-state index in [2.05, 4.69) is 26.5 Å². The van der Waals surface area contributed by atoms with Gasteiger partial charge < -0.3 is 8.83 Å². The maximum atomic E-state index is 11.6. The number of hydrogen-bond donors (Lipinski definition) is 1. The van der Waals surface area contributed by atoms with E-state index in [1.54, 1.807) is 37.5 Å². The van der Waals surface area contributed by atoms with Gasteiger partial charge in [0.05, 0.1) is 6.26 Å². The highest BCUT2D eigenvalue weighted by atomic mass is 79.9. The molecule has 0 aliphatic heterocycles. The van der Waals surface area contributed by atoms with Crippen LogP contribution in [-0.2, 0) is 0 Å². The van der Waals surface area contributed by atoms with Crippen LogP contribution >= 0.6 is 15.9 Å². The van der Waals surface area contributed by atoms with E-state index in [-0.39, 0.29) is 5.76 Å². The Morgan fingerprint density at radius 2 is 2.18 bits per heavy atom. The summed E-state index contributed by atoms with van der Waals surface area (Å²) in [7, 11) is 0. The first-order valence-corrected chi connectivity index (χ1v) is 5.60. The van der Waals surface area contributed by atoms with Gasteiger partial charge in [-0.15, -0.1) is 0 Å². The van der Waals surface area contributed by atoms with Crippen molar-refractivity contribution in [3.8, 4) is 0 Å². The number of halogens is 1. The third kappa shape index (κ3) is 2.85. The fourth-order valence-corrected chi connectivity index (χ4v) is 1.47. The molecule has 0 fully saturated rings. The second-order valence-electron chi connectivity index (χ2n) is 3.22. The zero-order chi connectivity index (χ0) is 12.3. The molecule has 88 valence electrons. The Morgan fingerprint density at radius 3 is 2.76 bits per heavy atom. The average Bonchev–Trinajstić information content (AvgIpc) is 2.95. The molecule has 1 amide bonds. The third-order valence-electron chi connectivity index (χ3n) is 2.00. The van der Waals surface area contributed by atoms with Crippen LogP contribution in [0.15, 0.2) is 49.1 Å². The summed E-state index contributed by atoms with van der Waals surface area (Å²) in [4.78, 5) is 11.6. The molecule has 0 bridgehead atoms. The number of hydrazone groups is 1. The molecule has 2 aromatic rings. The van der Waals surface area contributed by atoms with E-state index in [0.29, 0.717) is 16.1 Å². The first-order chi connectivity index (χ1) is 8.16. The Kier molecular flexibility index (Phi) is 3.43. The minimum absolute atomic E-state index is 0.188. The van der Waals surface area contributed by atoms with Crippen LogP contribution in [0.3, 0.4) is 0 Å². The molecule has 5 nitrogen and oxygen atoms in total. The number of nitrogens with one attached hydrogen (secondary N) is 1. The highest BCUT2D eigenvalue weighted by molar-refractivity contribution is 9.10. The van der Waals surface area contributed by atoms with Gasteiger partial charge in [0.25, 0.3) is 0 Å². The summed E-state index contributed by atoms with van der Waals surface area (Å²) in [5, 5.41) is 3.90. The Morgan fingerprint density at radius 1 is 1.35 bits per heavy atom. The van der Waals surface area contributed by atoms with Gasteiger partial charge in [0.15, 0.2) is 10.4 Å². The molecule has 2 aromatic heterocycles. The predicted molar refractivity (Wildman–Crippen MR) is 64.8 cm³/mol. The zero-order valence-electron chi connectivity index (χ0n) is 8.94. The minimum atomic E-state index is -0.415. The number of carbonyl (C=O) groups excluding carboxylic acids is 1. The largest absolute Gasteiger partial charge is 0.463 e. The number of rotatable bonds is 3. The Hall–Kier alpha value is -1.82. The van der Waals surface area contributed by atoms with Crippen LogP contribution in [0.2, 0.25) is 0 Å². The Balaban J connectivity index is 2.03. The highest BCUT2D eigenvalue weighted by Crippen LogP contribution is 2.13. The van der Waals surface area contributed by atoms with Gasteiger partial charge in [0.1, 0.15) is 11.5 Å². The second-order valence-corrected chi connectivity index (χ2v) is 4.00. The molecule has 0 radical (unpaired) electrons. The molecule has 0 saturated heterocycles. The standard InChI is InChI=1S/C11H9BrN2O3/c1-7(8-3-2-6-16-8)13-14-11(15)9-4-5-10(12)17-9/h2-6H,1H3,(H,14,15)/b13-7-. The van der Waals surface area contributed by atoms with Crippen molar-refractivity contribution in [1.82, 2.24) is 5.43 Å². The van der Waals surface area contributed by atoms with E-state index < -0.39 is 5.91 Å². The number of hydrogen-bond acceptors (Lipinski definition) is 4. The molecule has 1 N–H and O–H groups in total. The van der Waals surface area contributed by atoms with Crippen molar-refractivity contribution in [1.29, 1.82) is 0 Å². The molecule has 0 aliphatic rings. The summed E-state index contributed by atoms with van der Waals surface area (Å²) < 4.78 is 10.7.